The molecule has 0 saturated carbocycles. The Bertz CT molecular complexity index is 2350. The first kappa shape index (κ1) is 66.0. The SMILES string of the molecule is O=C(O)CC[C@@H](NC(=O)N[C@H](CCCCN(Cc1ccc(Br)cc1)C(=O)c1ccc(CNC(=O)CCCCNC(=O)CCC(C(=O)O)N2CCN(CC(=O)O)CCN(CC(=O)O)CCN(CC(=O)O)CC2)cc1)C(=O)O)C(=O)O. The van der Waals surface area contributed by atoms with Crippen LogP contribution < -0.4 is 21.3 Å². The molecule has 1 aliphatic heterocycles. The summed E-state index contributed by atoms with van der Waals surface area (Å²) in [6.07, 6.45) is 0.286. The van der Waals surface area contributed by atoms with Crippen molar-refractivity contribution in [3.05, 3.63) is 69.7 Å². The minimum absolute atomic E-state index is 0.0615. The van der Waals surface area contributed by atoms with Gasteiger partial charge in [0.2, 0.25) is 11.8 Å². The van der Waals surface area contributed by atoms with E-state index >= 15 is 0 Å². The molecule has 1 aliphatic rings. The van der Waals surface area contributed by atoms with Crippen molar-refractivity contribution in [3.63, 3.8) is 0 Å². The molecule has 28 heteroatoms. The normalized spacial score (nSPS) is 15.2. The summed E-state index contributed by atoms with van der Waals surface area (Å²) < 4.78 is 0.832. The highest BCUT2D eigenvalue weighted by molar-refractivity contribution is 9.10. The Kier molecular flexibility index (Phi) is 29.5. The number of nitrogens with zero attached hydrogens (tertiary/aromatic N) is 5. The van der Waals surface area contributed by atoms with Gasteiger partial charge < -0.3 is 61.9 Å². The Morgan fingerprint density at radius 1 is 0.506 bits per heavy atom. The summed E-state index contributed by atoms with van der Waals surface area (Å²) in [6.45, 7) is 0.727. The molecule has 79 heavy (non-hydrogen) atoms. The molecule has 2 aromatic rings. The van der Waals surface area contributed by atoms with Gasteiger partial charge in [-0.05, 0) is 80.3 Å². The molecular weight excluding hydrogens is 1110 g/mol. The zero-order chi connectivity index (χ0) is 58.4. The molecule has 436 valence electrons. The number of urea groups is 1. The van der Waals surface area contributed by atoms with Gasteiger partial charge in [-0.15, -0.1) is 0 Å². The van der Waals surface area contributed by atoms with E-state index in [-0.39, 0.29) is 142 Å². The van der Waals surface area contributed by atoms with Crippen molar-refractivity contribution in [2.75, 3.05) is 85.1 Å². The van der Waals surface area contributed by atoms with Gasteiger partial charge >= 0.3 is 47.8 Å². The van der Waals surface area contributed by atoms with Gasteiger partial charge in [-0.2, -0.15) is 0 Å². The number of hydrogen-bond donors (Lipinski definition) is 11. The first-order valence-corrected chi connectivity index (χ1v) is 26.5. The summed E-state index contributed by atoms with van der Waals surface area (Å²) >= 11 is 3.40. The van der Waals surface area contributed by atoms with Gasteiger partial charge in [0.05, 0.1) is 19.6 Å². The second-order valence-electron chi connectivity index (χ2n) is 18.9. The van der Waals surface area contributed by atoms with Gasteiger partial charge in [0.25, 0.3) is 5.91 Å². The summed E-state index contributed by atoms with van der Waals surface area (Å²) in [6, 6.07) is 8.74. The highest BCUT2D eigenvalue weighted by atomic mass is 79.9. The second-order valence-corrected chi connectivity index (χ2v) is 19.8. The van der Waals surface area contributed by atoms with E-state index in [4.69, 9.17) is 5.11 Å². The second kappa shape index (κ2) is 35.3. The molecule has 1 heterocycles. The third kappa shape index (κ3) is 27.2. The van der Waals surface area contributed by atoms with Crippen LogP contribution in [0.4, 0.5) is 4.79 Å². The Labute approximate surface area is 464 Å². The summed E-state index contributed by atoms with van der Waals surface area (Å²) in [5.41, 5.74) is 1.87. The lowest BCUT2D eigenvalue weighted by molar-refractivity contribution is -0.145. The fraction of sp³-hybridized carbons (Fsp3) is 0.549. The van der Waals surface area contributed by atoms with Crippen LogP contribution in [-0.4, -0.2) is 229 Å². The first-order valence-electron chi connectivity index (χ1n) is 25.7. The molecule has 2 aromatic carbocycles. The number of halogens is 1. The van der Waals surface area contributed by atoms with Crippen LogP contribution in [0, 0.1) is 0 Å². The largest absolute Gasteiger partial charge is 0.481 e. The predicted octanol–water partition coefficient (Wildman–Crippen LogP) is 0.944. The van der Waals surface area contributed by atoms with Crippen LogP contribution in [0.1, 0.15) is 85.7 Å². The Morgan fingerprint density at radius 2 is 1.00 bits per heavy atom. The number of amides is 5. The van der Waals surface area contributed by atoms with Gasteiger partial charge in [0.15, 0.2) is 0 Å². The van der Waals surface area contributed by atoms with Crippen molar-refractivity contribution in [2.45, 2.75) is 95.4 Å². The van der Waals surface area contributed by atoms with Crippen molar-refractivity contribution in [3.8, 4) is 0 Å². The fourth-order valence-corrected chi connectivity index (χ4v) is 8.72. The van der Waals surface area contributed by atoms with Crippen LogP contribution in [-0.2, 0) is 56.2 Å². The Hall–Kier alpha value is -7.27. The molecule has 1 saturated heterocycles. The molecule has 1 unspecified atom stereocenters. The van der Waals surface area contributed by atoms with E-state index in [1.807, 2.05) is 24.3 Å². The van der Waals surface area contributed by atoms with Crippen molar-refractivity contribution in [1.29, 1.82) is 0 Å². The number of aliphatic carboxylic acids is 7. The average Bonchev–Trinajstić information content (AvgIpc) is 3.37. The van der Waals surface area contributed by atoms with Crippen molar-refractivity contribution < 1.29 is 88.5 Å². The lowest BCUT2D eigenvalue weighted by atomic mass is 10.1. The van der Waals surface area contributed by atoms with E-state index in [0.717, 1.165) is 10.0 Å². The first-order chi connectivity index (χ1) is 37.5. The maximum absolute atomic E-state index is 13.9. The number of unbranched alkanes of at least 4 members (excludes halogenated alkanes) is 2. The smallest absolute Gasteiger partial charge is 0.326 e. The number of nitrogens with one attached hydrogen (secondary N) is 4. The van der Waals surface area contributed by atoms with Gasteiger partial charge in [-0.3, -0.25) is 58.0 Å². The zero-order valence-corrected chi connectivity index (χ0v) is 45.3. The topological polar surface area (TPSA) is 394 Å². The molecule has 3 rings (SSSR count). The highest BCUT2D eigenvalue weighted by Crippen LogP contribution is 2.17. The minimum Gasteiger partial charge on any atom is -0.481 e. The molecular formula is C51H72BrN9O18. The number of carboxylic acid groups (broad SMARTS) is 7. The maximum atomic E-state index is 13.9. The number of carboxylic acids is 7. The third-order valence-electron chi connectivity index (χ3n) is 12.8. The number of carbonyl (C=O) groups excluding carboxylic acids is 4. The van der Waals surface area contributed by atoms with Crippen molar-refractivity contribution in [1.82, 2.24) is 45.8 Å². The van der Waals surface area contributed by atoms with E-state index < -0.39 is 84.7 Å². The summed E-state index contributed by atoms with van der Waals surface area (Å²) in [5, 5.41) is 76.5. The molecule has 5 amide bonds. The molecule has 0 aromatic heterocycles. The van der Waals surface area contributed by atoms with E-state index in [2.05, 4.69) is 37.2 Å². The van der Waals surface area contributed by atoms with Crippen molar-refractivity contribution >= 4 is 81.5 Å². The van der Waals surface area contributed by atoms with Crippen LogP contribution in [0.15, 0.2) is 53.0 Å². The molecule has 3 atom stereocenters. The van der Waals surface area contributed by atoms with Crippen LogP contribution >= 0.6 is 15.9 Å². The van der Waals surface area contributed by atoms with E-state index in [0.29, 0.717) is 30.4 Å². The molecule has 0 radical (unpaired) electrons. The number of rotatable bonds is 33. The summed E-state index contributed by atoms with van der Waals surface area (Å²) in [4.78, 5) is 142. The van der Waals surface area contributed by atoms with Crippen LogP contribution in [0.3, 0.4) is 0 Å². The standard InChI is InChI=1S/C51H72BrN9O18/c52-37-13-9-35(10-14-37)30-61(20-4-2-5-38(48(73)74)55-51(79)56-39(49(75)76)15-18-43(64)65)47(72)36-11-7-34(8-12-36)29-54-41(62)6-1-3-19-53-42(63)17-16-40(50(77)78)60-27-25-58(32-45(68)69)23-21-57(31-44(66)67)22-24-59(26-28-60)33-46(70)71/h7-14,38-40H,1-6,15-33H2,(H,53,63)(H,54,62)(H,64,65)(H,66,67)(H,68,69)(H,70,71)(H,73,74)(H,75,76)(H,77,78)(H2,55,56,79)/t38-,39-,40?/m1/s1. The fourth-order valence-electron chi connectivity index (χ4n) is 8.46. The Morgan fingerprint density at radius 3 is 1.49 bits per heavy atom. The number of carbonyl (C=O) groups is 11. The molecule has 0 bridgehead atoms. The van der Waals surface area contributed by atoms with E-state index in [1.165, 1.54) is 0 Å². The average molecular weight is 1180 g/mol. The van der Waals surface area contributed by atoms with E-state index in [1.54, 1.807) is 48.8 Å². The lowest BCUT2D eigenvalue weighted by Crippen LogP contribution is -2.52. The van der Waals surface area contributed by atoms with Gasteiger partial charge in [0, 0.05) is 108 Å². The van der Waals surface area contributed by atoms with Gasteiger partial charge in [-0.1, -0.05) is 40.2 Å². The molecule has 1 fully saturated rings. The monoisotopic (exact) mass is 1180 g/mol. The van der Waals surface area contributed by atoms with Crippen molar-refractivity contribution in [2.24, 2.45) is 0 Å². The van der Waals surface area contributed by atoms with Crippen LogP contribution in [0.2, 0.25) is 0 Å². The van der Waals surface area contributed by atoms with Gasteiger partial charge in [-0.25, -0.2) is 14.4 Å². The maximum Gasteiger partial charge on any atom is 0.326 e. The van der Waals surface area contributed by atoms with Crippen LogP contribution in [0.25, 0.3) is 0 Å². The predicted molar refractivity (Wildman–Crippen MR) is 284 cm³/mol. The van der Waals surface area contributed by atoms with Gasteiger partial charge in [0.1, 0.15) is 18.1 Å². The quantitative estimate of drug-likeness (QED) is 0.0443. The van der Waals surface area contributed by atoms with E-state index in [9.17, 15) is 83.4 Å². The summed E-state index contributed by atoms with van der Waals surface area (Å²) in [7, 11) is 0. The third-order valence-corrected chi connectivity index (χ3v) is 13.3. The zero-order valence-electron chi connectivity index (χ0n) is 43.8. The minimum atomic E-state index is -1.55. The number of benzene rings is 2. The molecule has 27 nitrogen and oxygen atoms in total. The van der Waals surface area contributed by atoms with Crippen LogP contribution in [0.5, 0.6) is 0 Å². The lowest BCUT2D eigenvalue weighted by Gasteiger charge is -2.35. The highest BCUT2D eigenvalue weighted by Gasteiger charge is 2.30. The molecule has 0 aliphatic carbocycles. The number of hydrogen-bond acceptors (Lipinski definition) is 15. The Balaban J connectivity index is 1.49. The molecule has 0 spiro atoms. The summed E-state index contributed by atoms with van der Waals surface area (Å²) in [5.74, 6) is -9.69. The molecule has 11 N–H and O–H groups in total.